The summed E-state index contributed by atoms with van der Waals surface area (Å²) in [5, 5.41) is 7.88. The lowest BCUT2D eigenvalue weighted by atomic mass is 9.91. The van der Waals surface area contributed by atoms with Crippen molar-refractivity contribution >= 4 is 11.6 Å². The maximum Gasteiger partial charge on any atom is 0.243 e. The van der Waals surface area contributed by atoms with Gasteiger partial charge in [0.15, 0.2) is 5.65 Å². The molecule has 0 aromatic carbocycles. The molecule has 2 aliphatic rings. The number of hydrogen-bond donors (Lipinski definition) is 1. The third-order valence-electron chi connectivity index (χ3n) is 4.99. The van der Waals surface area contributed by atoms with Crippen molar-refractivity contribution in [2.75, 3.05) is 18.9 Å². The van der Waals surface area contributed by atoms with Gasteiger partial charge in [-0.2, -0.15) is 4.98 Å². The number of hydrogen-bond acceptors (Lipinski definition) is 4. The molecule has 2 saturated heterocycles. The van der Waals surface area contributed by atoms with Crippen molar-refractivity contribution in [3.63, 3.8) is 0 Å². The van der Waals surface area contributed by atoms with E-state index in [1.807, 2.05) is 28.9 Å². The lowest BCUT2D eigenvalue weighted by molar-refractivity contribution is 0.139. The number of pyridine rings is 1. The molecule has 2 atom stereocenters. The molecule has 1 N–H and O–H groups in total. The highest BCUT2D eigenvalue weighted by atomic mass is 15.3. The molecule has 2 aliphatic heterocycles. The average Bonchev–Trinajstić information content (AvgIpc) is 2.94. The Morgan fingerprint density at radius 2 is 2.05 bits per heavy atom. The minimum atomic E-state index is 0.752. The molecule has 0 amide bonds. The third-order valence-corrected chi connectivity index (χ3v) is 4.99. The number of anilines is 1. The fourth-order valence-electron chi connectivity index (χ4n) is 3.83. The van der Waals surface area contributed by atoms with Gasteiger partial charge in [-0.15, -0.1) is 5.10 Å². The highest BCUT2D eigenvalue weighted by Crippen LogP contribution is 2.37. The highest BCUT2D eigenvalue weighted by molar-refractivity contribution is 5.42. The van der Waals surface area contributed by atoms with E-state index in [2.05, 4.69) is 27.3 Å². The SMILES string of the molecule is CN1C2CCC1CC(CNc1nc3ccccn3n1)C2. The number of fused-ring (bicyclic) bond motifs is 3. The standard InChI is InChI=1S/C15H21N5/c1-19-12-5-6-13(19)9-11(8-12)10-16-15-17-14-4-2-3-7-20(14)18-15/h2-4,7,11-13H,5-6,8-10H2,1H3,(H,16,18). The lowest BCUT2D eigenvalue weighted by Crippen LogP contribution is -2.41. The minimum absolute atomic E-state index is 0.752. The van der Waals surface area contributed by atoms with Crippen LogP contribution in [0.15, 0.2) is 24.4 Å². The van der Waals surface area contributed by atoms with Crippen molar-refractivity contribution < 1.29 is 0 Å². The molecular formula is C15H21N5. The zero-order chi connectivity index (χ0) is 13.5. The van der Waals surface area contributed by atoms with Crippen LogP contribution in [0.5, 0.6) is 0 Å². The summed E-state index contributed by atoms with van der Waals surface area (Å²) in [4.78, 5) is 7.08. The number of nitrogens with zero attached hydrogens (tertiary/aromatic N) is 4. The first-order valence-corrected chi connectivity index (χ1v) is 7.57. The van der Waals surface area contributed by atoms with E-state index < -0.39 is 0 Å². The Bertz CT molecular complexity index is 560. The van der Waals surface area contributed by atoms with Gasteiger partial charge in [-0.1, -0.05) is 6.07 Å². The van der Waals surface area contributed by atoms with Crippen molar-refractivity contribution in [1.82, 2.24) is 19.5 Å². The second-order valence-electron chi connectivity index (χ2n) is 6.21. The molecule has 4 heterocycles. The second kappa shape index (κ2) is 4.74. The maximum atomic E-state index is 4.50. The number of nitrogens with one attached hydrogen (secondary N) is 1. The molecule has 0 spiro atoms. The second-order valence-corrected chi connectivity index (χ2v) is 6.21. The van der Waals surface area contributed by atoms with E-state index in [0.29, 0.717) is 0 Å². The molecule has 0 saturated carbocycles. The third kappa shape index (κ3) is 2.06. The number of piperidine rings is 1. The van der Waals surface area contributed by atoms with Crippen molar-refractivity contribution in [1.29, 1.82) is 0 Å². The van der Waals surface area contributed by atoms with Gasteiger partial charge in [-0.05, 0) is 50.8 Å². The Balaban J connectivity index is 1.41. The monoisotopic (exact) mass is 271 g/mol. The minimum Gasteiger partial charge on any atom is -0.353 e. The fraction of sp³-hybridized carbons (Fsp3) is 0.600. The summed E-state index contributed by atoms with van der Waals surface area (Å²) in [6.07, 6.45) is 7.32. The van der Waals surface area contributed by atoms with Crippen LogP contribution in [-0.2, 0) is 0 Å². The van der Waals surface area contributed by atoms with Gasteiger partial charge in [0.1, 0.15) is 0 Å². The van der Waals surface area contributed by atoms with E-state index in [1.165, 1.54) is 25.7 Å². The van der Waals surface area contributed by atoms with Crippen molar-refractivity contribution in [2.45, 2.75) is 37.8 Å². The van der Waals surface area contributed by atoms with Gasteiger partial charge in [0, 0.05) is 24.8 Å². The summed E-state index contributed by atoms with van der Waals surface area (Å²) in [6.45, 7) is 0.998. The predicted octanol–water partition coefficient (Wildman–Crippen LogP) is 2.01. The molecule has 4 rings (SSSR count). The smallest absolute Gasteiger partial charge is 0.243 e. The van der Waals surface area contributed by atoms with Crippen LogP contribution in [0.25, 0.3) is 5.65 Å². The fourth-order valence-corrected chi connectivity index (χ4v) is 3.83. The van der Waals surface area contributed by atoms with E-state index in [0.717, 1.165) is 36.1 Å². The van der Waals surface area contributed by atoms with Crippen LogP contribution in [0.2, 0.25) is 0 Å². The van der Waals surface area contributed by atoms with Crippen LogP contribution >= 0.6 is 0 Å². The molecule has 2 unspecified atom stereocenters. The molecule has 5 heteroatoms. The van der Waals surface area contributed by atoms with Crippen LogP contribution in [0.3, 0.4) is 0 Å². The summed E-state index contributed by atoms with van der Waals surface area (Å²) in [6, 6.07) is 7.54. The zero-order valence-corrected chi connectivity index (χ0v) is 11.9. The number of aromatic nitrogens is 3. The van der Waals surface area contributed by atoms with Crippen LogP contribution in [0.4, 0.5) is 5.95 Å². The van der Waals surface area contributed by atoms with Crippen LogP contribution in [0, 0.1) is 5.92 Å². The Morgan fingerprint density at radius 1 is 1.25 bits per heavy atom. The summed E-state index contributed by atoms with van der Waals surface area (Å²) in [5.41, 5.74) is 0.901. The average molecular weight is 271 g/mol. The Morgan fingerprint density at radius 3 is 2.80 bits per heavy atom. The van der Waals surface area contributed by atoms with E-state index >= 15 is 0 Å². The summed E-state index contributed by atoms with van der Waals surface area (Å²) in [7, 11) is 2.29. The van der Waals surface area contributed by atoms with E-state index in [-0.39, 0.29) is 0 Å². The van der Waals surface area contributed by atoms with Gasteiger partial charge in [0.25, 0.3) is 0 Å². The van der Waals surface area contributed by atoms with Crippen molar-refractivity contribution in [3.8, 4) is 0 Å². The molecule has 2 bridgehead atoms. The molecular weight excluding hydrogens is 250 g/mol. The Hall–Kier alpha value is -1.62. The molecule has 20 heavy (non-hydrogen) atoms. The highest BCUT2D eigenvalue weighted by Gasteiger charge is 2.38. The summed E-state index contributed by atoms with van der Waals surface area (Å²) in [5.74, 6) is 1.51. The molecule has 106 valence electrons. The van der Waals surface area contributed by atoms with Crippen molar-refractivity contribution in [2.24, 2.45) is 5.92 Å². The molecule has 2 fully saturated rings. The Kier molecular flexibility index (Phi) is 2.88. The van der Waals surface area contributed by atoms with Crippen molar-refractivity contribution in [3.05, 3.63) is 24.4 Å². The first-order chi connectivity index (χ1) is 9.79. The molecule has 5 nitrogen and oxygen atoms in total. The molecule has 2 aromatic heterocycles. The molecule has 2 aromatic rings. The molecule has 0 aliphatic carbocycles. The maximum absolute atomic E-state index is 4.50. The van der Waals surface area contributed by atoms with E-state index in [4.69, 9.17) is 0 Å². The Labute approximate surface area is 119 Å². The number of rotatable bonds is 3. The van der Waals surface area contributed by atoms with E-state index in [1.54, 1.807) is 0 Å². The first-order valence-electron chi connectivity index (χ1n) is 7.57. The first kappa shape index (κ1) is 12.1. The quantitative estimate of drug-likeness (QED) is 0.927. The molecule has 0 radical (unpaired) electrons. The summed E-state index contributed by atoms with van der Waals surface area (Å²) >= 11 is 0. The van der Waals surface area contributed by atoms with Gasteiger partial charge in [-0.25, -0.2) is 4.52 Å². The van der Waals surface area contributed by atoms with Gasteiger partial charge in [-0.3, -0.25) is 0 Å². The topological polar surface area (TPSA) is 45.5 Å². The lowest BCUT2D eigenvalue weighted by Gasteiger charge is -2.36. The van der Waals surface area contributed by atoms with E-state index in [9.17, 15) is 0 Å². The normalized spacial score (nSPS) is 29.9. The van der Waals surface area contributed by atoms with Gasteiger partial charge in [0.2, 0.25) is 5.95 Å². The summed E-state index contributed by atoms with van der Waals surface area (Å²) < 4.78 is 1.82. The zero-order valence-electron chi connectivity index (χ0n) is 11.9. The van der Waals surface area contributed by atoms with Crippen LogP contribution in [0.1, 0.15) is 25.7 Å². The van der Waals surface area contributed by atoms with Crippen LogP contribution in [-0.4, -0.2) is 45.2 Å². The van der Waals surface area contributed by atoms with Gasteiger partial charge in [0.05, 0.1) is 0 Å². The predicted molar refractivity (Wildman–Crippen MR) is 78.8 cm³/mol. The van der Waals surface area contributed by atoms with Gasteiger partial charge >= 0.3 is 0 Å². The van der Waals surface area contributed by atoms with Crippen LogP contribution < -0.4 is 5.32 Å². The largest absolute Gasteiger partial charge is 0.353 e. The van der Waals surface area contributed by atoms with Gasteiger partial charge < -0.3 is 10.2 Å².